The molecule has 2 aliphatic rings. The van der Waals surface area contributed by atoms with E-state index in [0.29, 0.717) is 12.4 Å². The molecule has 1 aliphatic carbocycles. The lowest BCUT2D eigenvalue weighted by atomic mass is 10.1. The Balaban J connectivity index is 1.33. The van der Waals surface area contributed by atoms with Crippen LogP contribution < -0.4 is 5.32 Å². The second kappa shape index (κ2) is 5.88. The van der Waals surface area contributed by atoms with Gasteiger partial charge in [0, 0.05) is 37.3 Å². The second-order valence-electron chi connectivity index (χ2n) is 7.41. The number of carbonyl (C=O) groups is 1. The van der Waals surface area contributed by atoms with E-state index in [-0.39, 0.29) is 5.91 Å². The van der Waals surface area contributed by atoms with Gasteiger partial charge in [-0.3, -0.25) is 14.4 Å². The molecule has 2 atom stereocenters. The number of amides is 1. The van der Waals surface area contributed by atoms with E-state index in [1.165, 1.54) is 6.42 Å². The molecule has 2 aromatic heterocycles. The summed E-state index contributed by atoms with van der Waals surface area (Å²) in [7, 11) is 1.85. The van der Waals surface area contributed by atoms with Gasteiger partial charge in [-0.05, 0) is 35.8 Å². The Morgan fingerprint density at radius 1 is 1.23 bits per heavy atom. The number of carbonyl (C=O) groups excluding carboxylic acids is 1. The number of anilines is 1. The summed E-state index contributed by atoms with van der Waals surface area (Å²) >= 11 is 0. The predicted molar refractivity (Wildman–Crippen MR) is 98.4 cm³/mol. The van der Waals surface area contributed by atoms with Gasteiger partial charge in [0.1, 0.15) is 11.5 Å². The van der Waals surface area contributed by atoms with E-state index >= 15 is 0 Å². The summed E-state index contributed by atoms with van der Waals surface area (Å²) in [4.78, 5) is 18.9. The maximum Gasteiger partial charge on any atom is 0.239 e. The third kappa shape index (κ3) is 2.94. The Kier molecular flexibility index (Phi) is 3.49. The van der Waals surface area contributed by atoms with Crippen LogP contribution in [0.1, 0.15) is 6.42 Å². The Morgan fingerprint density at radius 3 is 2.85 bits per heavy atom. The molecule has 1 aromatic carbocycles. The SMILES string of the molecule is Cn1cc(-c2ccc3cnc(NC(=O)CN4CC5CC5C4)cc3c2)nn1. The number of hydrogen-bond acceptors (Lipinski definition) is 5. The highest BCUT2D eigenvalue weighted by molar-refractivity contribution is 5.94. The second-order valence-corrected chi connectivity index (χ2v) is 7.41. The van der Waals surface area contributed by atoms with Crippen LogP contribution in [0.15, 0.2) is 36.7 Å². The minimum Gasteiger partial charge on any atom is -0.310 e. The van der Waals surface area contributed by atoms with Gasteiger partial charge in [0.2, 0.25) is 5.91 Å². The molecule has 7 nitrogen and oxygen atoms in total. The third-order valence-corrected chi connectivity index (χ3v) is 5.31. The van der Waals surface area contributed by atoms with Crippen LogP contribution in [-0.4, -0.2) is 50.4 Å². The Labute approximate surface area is 151 Å². The van der Waals surface area contributed by atoms with Crippen LogP contribution in [0.2, 0.25) is 0 Å². The minimum absolute atomic E-state index is 0.00299. The van der Waals surface area contributed by atoms with Crippen molar-refractivity contribution in [3.63, 3.8) is 0 Å². The molecule has 132 valence electrons. The van der Waals surface area contributed by atoms with Crippen LogP contribution in [-0.2, 0) is 11.8 Å². The number of fused-ring (bicyclic) bond motifs is 2. The fraction of sp³-hybridized carbons (Fsp3) is 0.368. The highest BCUT2D eigenvalue weighted by Gasteiger charge is 2.45. The third-order valence-electron chi connectivity index (χ3n) is 5.31. The standard InChI is InChI=1S/C19H20N6O/c1-24-10-17(22-23-24)12-2-3-13-7-20-18(6-14(13)4-12)21-19(26)11-25-8-15-5-16(15)9-25/h2-4,6-7,10,15-16H,5,8-9,11H2,1H3,(H,20,21,26). The van der Waals surface area contributed by atoms with Gasteiger partial charge in [-0.2, -0.15) is 0 Å². The molecule has 1 aliphatic heterocycles. The molecular formula is C19H20N6O. The highest BCUT2D eigenvalue weighted by atomic mass is 16.2. The molecule has 5 rings (SSSR count). The largest absolute Gasteiger partial charge is 0.310 e. The number of likely N-dealkylation sites (tertiary alicyclic amines) is 1. The van der Waals surface area contributed by atoms with Crippen molar-refractivity contribution in [1.82, 2.24) is 24.9 Å². The van der Waals surface area contributed by atoms with Crippen molar-refractivity contribution in [2.45, 2.75) is 6.42 Å². The van der Waals surface area contributed by atoms with Gasteiger partial charge in [-0.1, -0.05) is 17.3 Å². The molecule has 26 heavy (non-hydrogen) atoms. The van der Waals surface area contributed by atoms with E-state index < -0.39 is 0 Å². The van der Waals surface area contributed by atoms with Crippen LogP contribution in [0.3, 0.4) is 0 Å². The summed E-state index contributed by atoms with van der Waals surface area (Å²) in [5, 5.41) is 13.1. The highest BCUT2D eigenvalue weighted by Crippen LogP contribution is 2.44. The average molecular weight is 348 g/mol. The van der Waals surface area contributed by atoms with Crippen molar-refractivity contribution in [3.8, 4) is 11.3 Å². The predicted octanol–water partition coefficient (Wildman–Crippen LogP) is 1.92. The maximum absolute atomic E-state index is 12.3. The Hall–Kier alpha value is -2.80. The number of aromatic nitrogens is 4. The van der Waals surface area contributed by atoms with Crippen LogP contribution in [0.25, 0.3) is 22.0 Å². The van der Waals surface area contributed by atoms with E-state index in [4.69, 9.17) is 0 Å². The van der Waals surface area contributed by atoms with Crippen LogP contribution in [0.4, 0.5) is 5.82 Å². The summed E-state index contributed by atoms with van der Waals surface area (Å²) in [6.45, 7) is 2.57. The molecule has 2 fully saturated rings. The quantitative estimate of drug-likeness (QED) is 0.780. The first-order valence-corrected chi connectivity index (χ1v) is 8.93. The Morgan fingerprint density at radius 2 is 2.08 bits per heavy atom. The van der Waals surface area contributed by atoms with Crippen molar-refractivity contribution in [2.75, 3.05) is 25.0 Å². The van der Waals surface area contributed by atoms with Crippen molar-refractivity contribution in [1.29, 1.82) is 0 Å². The lowest BCUT2D eigenvalue weighted by Gasteiger charge is -2.16. The van der Waals surface area contributed by atoms with Gasteiger partial charge >= 0.3 is 0 Å². The summed E-state index contributed by atoms with van der Waals surface area (Å²) in [5.74, 6) is 2.26. The molecule has 1 saturated heterocycles. The molecule has 3 aromatic rings. The lowest BCUT2D eigenvalue weighted by Crippen LogP contribution is -2.32. The summed E-state index contributed by atoms with van der Waals surface area (Å²) in [5.41, 5.74) is 1.81. The van der Waals surface area contributed by atoms with Gasteiger partial charge in [0.05, 0.1) is 12.7 Å². The average Bonchev–Trinajstić information content (AvgIpc) is 3.01. The molecule has 1 saturated carbocycles. The molecule has 3 heterocycles. The molecule has 7 heteroatoms. The molecule has 1 N–H and O–H groups in total. The van der Waals surface area contributed by atoms with Crippen molar-refractivity contribution < 1.29 is 4.79 Å². The number of rotatable bonds is 4. The molecule has 2 unspecified atom stereocenters. The van der Waals surface area contributed by atoms with Crippen molar-refractivity contribution in [2.24, 2.45) is 18.9 Å². The fourth-order valence-corrected chi connectivity index (χ4v) is 3.86. The van der Waals surface area contributed by atoms with E-state index in [2.05, 4.69) is 25.5 Å². The smallest absolute Gasteiger partial charge is 0.239 e. The topological polar surface area (TPSA) is 75.9 Å². The zero-order chi connectivity index (χ0) is 17.7. The number of aryl methyl sites for hydroxylation is 1. The van der Waals surface area contributed by atoms with Crippen molar-refractivity contribution >= 4 is 22.5 Å². The zero-order valence-corrected chi connectivity index (χ0v) is 14.6. The number of hydrogen-bond donors (Lipinski definition) is 1. The minimum atomic E-state index is 0.00299. The monoisotopic (exact) mass is 348 g/mol. The van der Waals surface area contributed by atoms with Crippen molar-refractivity contribution in [3.05, 3.63) is 36.7 Å². The molecular weight excluding hydrogens is 328 g/mol. The number of nitrogens with one attached hydrogen (secondary N) is 1. The zero-order valence-electron chi connectivity index (χ0n) is 14.6. The normalized spacial score (nSPS) is 21.7. The van der Waals surface area contributed by atoms with Gasteiger partial charge in [-0.25, -0.2) is 4.98 Å². The van der Waals surface area contributed by atoms with Crippen LogP contribution in [0.5, 0.6) is 0 Å². The first-order chi connectivity index (χ1) is 12.6. The van der Waals surface area contributed by atoms with Crippen LogP contribution in [0, 0.1) is 11.8 Å². The van der Waals surface area contributed by atoms with E-state index in [1.807, 2.05) is 37.5 Å². The number of piperidine rings is 1. The van der Waals surface area contributed by atoms with E-state index in [9.17, 15) is 4.79 Å². The number of pyridine rings is 1. The van der Waals surface area contributed by atoms with Crippen LogP contribution >= 0.6 is 0 Å². The fourth-order valence-electron chi connectivity index (χ4n) is 3.86. The van der Waals surface area contributed by atoms with Gasteiger partial charge < -0.3 is 5.32 Å². The first kappa shape index (κ1) is 15.5. The molecule has 0 bridgehead atoms. The molecule has 1 amide bonds. The Bertz CT molecular complexity index is 987. The lowest BCUT2D eigenvalue weighted by molar-refractivity contribution is -0.117. The summed E-state index contributed by atoms with van der Waals surface area (Å²) < 4.78 is 1.68. The molecule has 0 radical (unpaired) electrons. The van der Waals surface area contributed by atoms with Gasteiger partial charge in [0.15, 0.2) is 0 Å². The van der Waals surface area contributed by atoms with Gasteiger partial charge in [-0.15, -0.1) is 5.10 Å². The molecule has 0 spiro atoms. The van der Waals surface area contributed by atoms with E-state index in [0.717, 1.165) is 47.0 Å². The summed E-state index contributed by atoms with van der Waals surface area (Å²) in [6.07, 6.45) is 5.01. The number of nitrogens with zero attached hydrogens (tertiary/aromatic N) is 5. The van der Waals surface area contributed by atoms with Gasteiger partial charge in [0.25, 0.3) is 0 Å². The van der Waals surface area contributed by atoms with E-state index in [1.54, 1.807) is 10.9 Å². The first-order valence-electron chi connectivity index (χ1n) is 8.93. The summed E-state index contributed by atoms with van der Waals surface area (Å²) in [6, 6.07) is 7.97. The maximum atomic E-state index is 12.3. The number of benzene rings is 1.